The number of anilines is 1. The van der Waals surface area contributed by atoms with E-state index in [4.69, 9.17) is 16.6 Å². The minimum atomic E-state index is 0.699. The molecule has 0 unspecified atom stereocenters. The van der Waals surface area contributed by atoms with E-state index in [1.807, 2.05) is 24.3 Å². The average Bonchev–Trinajstić information content (AvgIpc) is 2.83. The Morgan fingerprint density at radius 3 is 2.76 bits per heavy atom. The van der Waals surface area contributed by atoms with Crippen LogP contribution in [0.1, 0.15) is 18.3 Å². The van der Waals surface area contributed by atoms with Gasteiger partial charge in [-0.2, -0.15) is 0 Å². The highest BCUT2D eigenvalue weighted by atomic mass is 35.5. The molecule has 0 radical (unpaired) electrons. The van der Waals surface area contributed by atoms with Crippen molar-refractivity contribution in [2.24, 2.45) is 0 Å². The third kappa shape index (κ3) is 2.74. The molecule has 108 valence electrons. The van der Waals surface area contributed by atoms with Gasteiger partial charge in [-0.05, 0) is 49.7 Å². The number of rotatable bonds is 4. The predicted octanol–water partition coefficient (Wildman–Crippen LogP) is 4.63. The first-order chi connectivity index (χ1) is 10.2. The molecule has 0 aliphatic carbocycles. The number of aryl methyl sites for hydroxylation is 2. The summed E-state index contributed by atoms with van der Waals surface area (Å²) < 4.78 is 2.24. The maximum absolute atomic E-state index is 5.99. The van der Waals surface area contributed by atoms with Crippen molar-refractivity contribution in [3.63, 3.8) is 0 Å². The molecule has 0 bridgehead atoms. The fourth-order valence-corrected chi connectivity index (χ4v) is 2.84. The lowest BCUT2D eigenvalue weighted by Crippen LogP contribution is -2.08. The van der Waals surface area contributed by atoms with Gasteiger partial charge in [0.2, 0.25) is 0 Å². The first-order valence-corrected chi connectivity index (χ1v) is 7.51. The minimum Gasteiger partial charge on any atom is -0.378 e. The standard InChI is InChI=1S/C17H18ClN3/c1-3-21-16-7-5-4-6-15(16)20-17(21)11-19-14-9-8-13(18)10-12(14)2/h4-10,19H,3,11H2,1-2H3. The molecule has 1 aromatic heterocycles. The normalized spacial score (nSPS) is 11.0. The van der Waals surface area contributed by atoms with Crippen LogP contribution in [0.15, 0.2) is 42.5 Å². The molecule has 0 saturated heterocycles. The van der Waals surface area contributed by atoms with E-state index < -0.39 is 0 Å². The first-order valence-electron chi connectivity index (χ1n) is 7.13. The van der Waals surface area contributed by atoms with Crippen molar-refractivity contribution in [1.29, 1.82) is 0 Å². The zero-order valence-electron chi connectivity index (χ0n) is 12.2. The summed E-state index contributed by atoms with van der Waals surface area (Å²) >= 11 is 5.99. The lowest BCUT2D eigenvalue weighted by atomic mass is 10.2. The van der Waals surface area contributed by atoms with Gasteiger partial charge in [0.05, 0.1) is 17.6 Å². The second-order valence-electron chi connectivity index (χ2n) is 5.07. The topological polar surface area (TPSA) is 29.9 Å². The van der Waals surface area contributed by atoms with Crippen LogP contribution >= 0.6 is 11.6 Å². The number of imidazole rings is 1. The number of nitrogens with zero attached hydrogens (tertiary/aromatic N) is 2. The van der Waals surface area contributed by atoms with E-state index in [0.717, 1.165) is 34.2 Å². The second kappa shape index (κ2) is 5.78. The van der Waals surface area contributed by atoms with Gasteiger partial charge in [-0.15, -0.1) is 0 Å². The lowest BCUT2D eigenvalue weighted by molar-refractivity contribution is 0.728. The summed E-state index contributed by atoms with van der Waals surface area (Å²) in [6, 6.07) is 14.1. The Balaban J connectivity index is 1.88. The summed E-state index contributed by atoms with van der Waals surface area (Å²) in [5.41, 5.74) is 4.46. The number of hydrogen-bond acceptors (Lipinski definition) is 2. The van der Waals surface area contributed by atoms with Crippen molar-refractivity contribution in [3.05, 3.63) is 58.9 Å². The van der Waals surface area contributed by atoms with Gasteiger partial charge >= 0.3 is 0 Å². The van der Waals surface area contributed by atoms with Crippen molar-refractivity contribution < 1.29 is 0 Å². The molecule has 0 aliphatic heterocycles. The summed E-state index contributed by atoms with van der Waals surface area (Å²) in [7, 11) is 0. The van der Waals surface area contributed by atoms with E-state index in [2.05, 4.69) is 41.9 Å². The molecule has 4 heteroatoms. The molecule has 1 N–H and O–H groups in total. The van der Waals surface area contributed by atoms with E-state index in [1.54, 1.807) is 0 Å². The van der Waals surface area contributed by atoms with Gasteiger partial charge in [0.1, 0.15) is 5.82 Å². The van der Waals surface area contributed by atoms with Crippen molar-refractivity contribution in [2.45, 2.75) is 26.9 Å². The molecule has 3 nitrogen and oxygen atoms in total. The van der Waals surface area contributed by atoms with Gasteiger partial charge in [0.15, 0.2) is 0 Å². The highest BCUT2D eigenvalue weighted by molar-refractivity contribution is 6.30. The highest BCUT2D eigenvalue weighted by Crippen LogP contribution is 2.21. The van der Waals surface area contributed by atoms with Crippen molar-refractivity contribution in [1.82, 2.24) is 9.55 Å². The summed E-state index contributed by atoms with van der Waals surface area (Å²) in [5.74, 6) is 1.05. The molecule has 3 aromatic rings. The number of halogens is 1. The molecular formula is C17H18ClN3. The van der Waals surface area contributed by atoms with Gasteiger partial charge in [-0.25, -0.2) is 4.98 Å². The largest absolute Gasteiger partial charge is 0.378 e. The van der Waals surface area contributed by atoms with Gasteiger partial charge in [0, 0.05) is 17.3 Å². The minimum absolute atomic E-state index is 0.699. The van der Waals surface area contributed by atoms with Gasteiger partial charge in [-0.1, -0.05) is 23.7 Å². The van der Waals surface area contributed by atoms with Crippen LogP contribution in [-0.2, 0) is 13.1 Å². The SMILES string of the molecule is CCn1c(CNc2ccc(Cl)cc2C)nc2ccccc21. The van der Waals surface area contributed by atoms with Crippen molar-refractivity contribution in [2.75, 3.05) is 5.32 Å². The quantitative estimate of drug-likeness (QED) is 0.761. The Labute approximate surface area is 129 Å². The first kappa shape index (κ1) is 14.0. The Kier molecular flexibility index (Phi) is 3.84. The number of fused-ring (bicyclic) bond motifs is 1. The zero-order chi connectivity index (χ0) is 14.8. The van der Waals surface area contributed by atoms with Crippen LogP contribution in [0.5, 0.6) is 0 Å². The number of para-hydroxylation sites is 2. The molecule has 0 fully saturated rings. The monoisotopic (exact) mass is 299 g/mol. The summed E-state index contributed by atoms with van der Waals surface area (Å²) in [4.78, 5) is 4.72. The summed E-state index contributed by atoms with van der Waals surface area (Å²) in [6.07, 6.45) is 0. The van der Waals surface area contributed by atoms with Crippen LogP contribution in [0, 0.1) is 6.92 Å². The Morgan fingerprint density at radius 1 is 1.19 bits per heavy atom. The van der Waals surface area contributed by atoms with Gasteiger partial charge < -0.3 is 9.88 Å². The molecule has 0 spiro atoms. The Bertz CT molecular complexity index is 777. The van der Waals surface area contributed by atoms with E-state index >= 15 is 0 Å². The van der Waals surface area contributed by atoms with Crippen LogP contribution in [0.25, 0.3) is 11.0 Å². The van der Waals surface area contributed by atoms with Crippen molar-refractivity contribution in [3.8, 4) is 0 Å². The maximum atomic E-state index is 5.99. The number of hydrogen-bond donors (Lipinski definition) is 1. The third-order valence-corrected chi connectivity index (χ3v) is 3.91. The van der Waals surface area contributed by atoms with E-state index in [9.17, 15) is 0 Å². The second-order valence-corrected chi connectivity index (χ2v) is 5.51. The number of benzene rings is 2. The van der Waals surface area contributed by atoms with Crippen LogP contribution in [-0.4, -0.2) is 9.55 Å². The lowest BCUT2D eigenvalue weighted by Gasteiger charge is -2.11. The molecule has 1 heterocycles. The number of nitrogens with one attached hydrogen (secondary N) is 1. The van der Waals surface area contributed by atoms with Crippen LogP contribution in [0.2, 0.25) is 5.02 Å². The summed E-state index contributed by atoms with van der Waals surface area (Å²) in [5, 5.41) is 4.21. The molecule has 21 heavy (non-hydrogen) atoms. The van der Waals surface area contributed by atoms with Crippen LogP contribution in [0.3, 0.4) is 0 Å². The zero-order valence-corrected chi connectivity index (χ0v) is 13.0. The molecular weight excluding hydrogens is 282 g/mol. The van der Waals surface area contributed by atoms with E-state index in [-0.39, 0.29) is 0 Å². The van der Waals surface area contributed by atoms with Crippen LogP contribution < -0.4 is 5.32 Å². The smallest absolute Gasteiger partial charge is 0.129 e. The van der Waals surface area contributed by atoms with Crippen molar-refractivity contribution >= 4 is 28.3 Å². The van der Waals surface area contributed by atoms with E-state index in [0.29, 0.717) is 6.54 Å². The fraction of sp³-hybridized carbons (Fsp3) is 0.235. The molecule has 0 saturated carbocycles. The van der Waals surface area contributed by atoms with E-state index in [1.165, 1.54) is 5.52 Å². The molecule has 0 atom stereocenters. The Hall–Kier alpha value is -2.00. The average molecular weight is 300 g/mol. The van der Waals surface area contributed by atoms with Gasteiger partial charge in [-0.3, -0.25) is 0 Å². The predicted molar refractivity (Wildman–Crippen MR) is 88.9 cm³/mol. The molecule has 2 aromatic carbocycles. The van der Waals surface area contributed by atoms with Gasteiger partial charge in [0.25, 0.3) is 0 Å². The molecule has 3 rings (SSSR count). The highest BCUT2D eigenvalue weighted by Gasteiger charge is 2.09. The molecule has 0 amide bonds. The fourth-order valence-electron chi connectivity index (χ4n) is 2.61. The third-order valence-electron chi connectivity index (χ3n) is 3.68. The maximum Gasteiger partial charge on any atom is 0.129 e. The van der Waals surface area contributed by atoms with Crippen LogP contribution in [0.4, 0.5) is 5.69 Å². The number of aromatic nitrogens is 2. The summed E-state index contributed by atoms with van der Waals surface area (Å²) in [6.45, 7) is 5.81. The Morgan fingerprint density at radius 2 is 2.00 bits per heavy atom. The molecule has 0 aliphatic rings.